The molecule has 0 aliphatic rings. The van der Waals surface area contributed by atoms with Crippen LogP contribution in [0.1, 0.15) is 6.92 Å². The van der Waals surface area contributed by atoms with Crippen molar-refractivity contribution in [2.75, 3.05) is 0 Å². The standard InChI is InChI=1S/C15H11N3O3/c1-9(19)21-11-4-2-3-10(7-11)14-17-13-5-6-16-8-12(13)15(20)18-14/h2-8H,1H3,(H,17,18,20). The molecule has 104 valence electrons. The van der Waals surface area contributed by atoms with E-state index in [1.54, 1.807) is 36.5 Å². The van der Waals surface area contributed by atoms with E-state index in [9.17, 15) is 9.59 Å². The summed E-state index contributed by atoms with van der Waals surface area (Å²) in [6.45, 7) is 1.33. The third kappa shape index (κ3) is 2.64. The van der Waals surface area contributed by atoms with Crippen LogP contribution >= 0.6 is 0 Å². The summed E-state index contributed by atoms with van der Waals surface area (Å²) in [5, 5.41) is 0.428. The van der Waals surface area contributed by atoms with Crippen molar-refractivity contribution in [1.82, 2.24) is 15.0 Å². The smallest absolute Gasteiger partial charge is 0.308 e. The number of carbonyl (C=O) groups excluding carboxylic acids is 1. The molecule has 0 saturated heterocycles. The highest BCUT2D eigenvalue weighted by Crippen LogP contribution is 2.21. The average Bonchev–Trinajstić information content (AvgIpc) is 2.47. The number of hydrogen-bond acceptors (Lipinski definition) is 5. The summed E-state index contributed by atoms with van der Waals surface area (Å²) in [4.78, 5) is 34.0. The van der Waals surface area contributed by atoms with Crippen molar-refractivity contribution in [1.29, 1.82) is 0 Å². The van der Waals surface area contributed by atoms with Gasteiger partial charge in [-0.1, -0.05) is 12.1 Å². The maximum absolute atomic E-state index is 12.0. The lowest BCUT2D eigenvalue weighted by molar-refractivity contribution is -0.131. The molecule has 0 aliphatic carbocycles. The number of pyridine rings is 1. The highest BCUT2D eigenvalue weighted by atomic mass is 16.5. The summed E-state index contributed by atoms with van der Waals surface area (Å²) in [5.41, 5.74) is 0.951. The molecule has 0 bridgehead atoms. The highest BCUT2D eigenvalue weighted by molar-refractivity contribution is 5.78. The van der Waals surface area contributed by atoms with Crippen LogP contribution in [0.4, 0.5) is 0 Å². The molecule has 6 heteroatoms. The molecule has 0 fully saturated rings. The zero-order valence-electron chi connectivity index (χ0n) is 11.2. The van der Waals surface area contributed by atoms with Gasteiger partial charge in [0.1, 0.15) is 11.6 Å². The SMILES string of the molecule is CC(=O)Oc1cccc(-c2nc3ccncc3c(=O)[nH]2)c1. The van der Waals surface area contributed by atoms with Gasteiger partial charge in [0, 0.05) is 24.9 Å². The monoisotopic (exact) mass is 281 g/mol. The minimum atomic E-state index is -0.404. The molecule has 0 aliphatic heterocycles. The van der Waals surface area contributed by atoms with Crippen molar-refractivity contribution >= 4 is 16.9 Å². The Morgan fingerprint density at radius 2 is 2.14 bits per heavy atom. The molecular formula is C15H11N3O3. The number of nitrogens with one attached hydrogen (secondary N) is 1. The van der Waals surface area contributed by atoms with E-state index in [2.05, 4.69) is 15.0 Å². The second kappa shape index (κ2) is 5.16. The Balaban J connectivity index is 2.12. The Labute approximate surface area is 119 Å². The van der Waals surface area contributed by atoms with Gasteiger partial charge in [0.15, 0.2) is 0 Å². The number of benzene rings is 1. The molecule has 2 heterocycles. The van der Waals surface area contributed by atoms with Gasteiger partial charge < -0.3 is 9.72 Å². The van der Waals surface area contributed by atoms with Crippen LogP contribution in [0.3, 0.4) is 0 Å². The molecule has 6 nitrogen and oxygen atoms in total. The number of ether oxygens (including phenoxy) is 1. The molecule has 0 atom stereocenters. The van der Waals surface area contributed by atoms with E-state index < -0.39 is 5.97 Å². The lowest BCUT2D eigenvalue weighted by Crippen LogP contribution is -2.10. The van der Waals surface area contributed by atoms with E-state index in [-0.39, 0.29) is 5.56 Å². The van der Waals surface area contributed by atoms with E-state index >= 15 is 0 Å². The largest absolute Gasteiger partial charge is 0.427 e. The van der Waals surface area contributed by atoms with Crippen molar-refractivity contribution in [2.45, 2.75) is 6.92 Å². The number of esters is 1. The summed E-state index contributed by atoms with van der Waals surface area (Å²) >= 11 is 0. The predicted octanol–water partition coefficient (Wildman–Crippen LogP) is 1.91. The number of H-pyrrole nitrogens is 1. The van der Waals surface area contributed by atoms with Gasteiger partial charge in [-0.05, 0) is 18.2 Å². The van der Waals surface area contributed by atoms with Crippen LogP contribution in [0.25, 0.3) is 22.3 Å². The molecule has 0 amide bonds. The predicted molar refractivity (Wildman–Crippen MR) is 76.9 cm³/mol. The lowest BCUT2D eigenvalue weighted by Gasteiger charge is -2.05. The van der Waals surface area contributed by atoms with Crippen molar-refractivity contribution in [2.24, 2.45) is 0 Å². The van der Waals surface area contributed by atoms with E-state index in [0.29, 0.717) is 28.0 Å². The minimum absolute atomic E-state index is 0.263. The van der Waals surface area contributed by atoms with Crippen molar-refractivity contribution < 1.29 is 9.53 Å². The number of aromatic amines is 1. The number of hydrogen-bond donors (Lipinski definition) is 1. The highest BCUT2D eigenvalue weighted by Gasteiger charge is 2.07. The van der Waals surface area contributed by atoms with Crippen LogP contribution in [-0.2, 0) is 4.79 Å². The molecule has 2 aromatic heterocycles. The van der Waals surface area contributed by atoms with Crippen molar-refractivity contribution in [3.8, 4) is 17.1 Å². The molecule has 3 aromatic rings. The van der Waals surface area contributed by atoms with Gasteiger partial charge in [-0.3, -0.25) is 14.6 Å². The van der Waals surface area contributed by atoms with Gasteiger partial charge in [0.2, 0.25) is 0 Å². The number of fused-ring (bicyclic) bond motifs is 1. The third-order valence-electron chi connectivity index (χ3n) is 2.88. The normalized spacial score (nSPS) is 10.5. The maximum Gasteiger partial charge on any atom is 0.308 e. The number of rotatable bonds is 2. The molecule has 0 saturated carbocycles. The first-order valence-corrected chi connectivity index (χ1v) is 6.26. The van der Waals surface area contributed by atoms with Crippen LogP contribution in [0.2, 0.25) is 0 Å². The summed E-state index contributed by atoms with van der Waals surface area (Å²) in [6.07, 6.45) is 3.05. The maximum atomic E-state index is 12.0. The molecule has 3 rings (SSSR count). The molecule has 0 unspecified atom stereocenters. The minimum Gasteiger partial charge on any atom is -0.427 e. The Kier molecular flexibility index (Phi) is 3.19. The van der Waals surface area contributed by atoms with Gasteiger partial charge >= 0.3 is 5.97 Å². The molecule has 0 radical (unpaired) electrons. The van der Waals surface area contributed by atoms with E-state index in [1.807, 2.05) is 0 Å². The Hall–Kier alpha value is -3.02. The topological polar surface area (TPSA) is 84.9 Å². The molecule has 0 spiro atoms. The van der Waals surface area contributed by atoms with E-state index in [4.69, 9.17) is 4.74 Å². The zero-order valence-corrected chi connectivity index (χ0v) is 11.2. The summed E-state index contributed by atoms with van der Waals surface area (Å²) < 4.78 is 5.03. The summed E-state index contributed by atoms with van der Waals surface area (Å²) in [7, 11) is 0. The zero-order chi connectivity index (χ0) is 14.8. The number of aromatic nitrogens is 3. The molecule has 21 heavy (non-hydrogen) atoms. The molecular weight excluding hydrogens is 270 g/mol. The van der Waals surface area contributed by atoms with Crippen LogP contribution in [-0.4, -0.2) is 20.9 Å². The molecule has 1 aromatic carbocycles. The first-order valence-electron chi connectivity index (χ1n) is 6.26. The van der Waals surface area contributed by atoms with Crippen molar-refractivity contribution in [3.63, 3.8) is 0 Å². The second-order valence-electron chi connectivity index (χ2n) is 4.43. The van der Waals surface area contributed by atoms with Gasteiger partial charge in [-0.25, -0.2) is 4.98 Å². The van der Waals surface area contributed by atoms with Gasteiger partial charge in [-0.15, -0.1) is 0 Å². The summed E-state index contributed by atoms with van der Waals surface area (Å²) in [6, 6.07) is 8.48. The average molecular weight is 281 g/mol. The fraction of sp³-hybridized carbons (Fsp3) is 0.0667. The van der Waals surface area contributed by atoms with Crippen LogP contribution in [0.15, 0.2) is 47.5 Å². The molecule has 1 N–H and O–H groups in total. The Morgan fingerprint density at radius 1 is 1.29 bits per heavy atom. The second-order valence-corrected chi connectivity index (χ2v) is 4.43. The Morgan fingerprint density at radius 3 is 2.95 bits per heavy atom. The quantitative estimate of drug-likeness (QED) is 0.573. The Bertz CT molecular complexity index is 886. The van der Waals surface area contributed by atoms with Crippen molar-refractivity contribution in [3.05, 3.63) is 53.1 Å². The number of carbonyl (C=O) groups is 1. The first-order chi connectivity index (χ1) is 10.1. The summed E-state index contributed by atoms with van der Waals surface area (Å²) in [5.74, 6) is 0.406. The first kappa shape index (κ1) is 13.0. The fourth-order valence-electron chi connectivity index (χ4n) is 1.99. The van der Waals surface area contributed by atoms with Gasteiger partial charge in [0.05, 0.1) is 10.9 Å². The number of nitrogens with zero attached hydrogens (tertiary/aromatic N) is 2. The van der Waals surface area contributed by atoms with Crippen LogP contribution < -0.4 is 10.3 Å². The van der Waals surface area contributed by atoms with E-state index in [0.717, 1.165) is 0 Å². The van der Waals surface area contributed by atoms with E-state index in [1.165, 1.54) is 13.1 Å². The third-order valence-corrected chi connectivity index (χ3v) is 2.88. The van der Waals surface area contributed by atoms with Crippen LogP contribution in [0.5, 0.6) is 5.75 Å². The fourth-order valence-corrected chi connectivity index (χ4v) is 1.99. The van der Waals surface area contributed by atoms with Crippen LogP contribution in [0, 0.1) is 0 Å². The lowest BCUT2D eigenvalue weighted by atomic mass is 10.2. The van der Waals surface area contributed by atoms with Gasteiger partial charge in [0.25, 0.3) is 5.56 Å². The van der Waals surface area contributed by atoms with Gasteiger partial charge in [-0.2, -0.15) is 0 Å².